The fourth-order valence-electron chi connectivity index (χ4n) is 3.40. The van der Waals surface area contributed by atoms with Crippen molar-refractivity contribution in [2.45, 2.75) is 32.2 Å². The zero-order chi connectivity index (χ0) is 19.7. The lowest BCUT2D eigenvalue weighted by atomic mass is 10.2. The molecule has 0 aliphatic rings. The Morgan fingerprint density at radius 1 is 1.18 bits per heavy atom. The van der Waals surface area contributed by atoms with Gasteiger partial charge in [-0.25, -0.2) is 0 Å². The average molecular weight is 395 g/mol. The monoisotopic (exact) mass is 394 g/mol. The molecule has 1 amide bonds. The van der Waals surface area contributed by atoms with Crippen LogP contribution in [0.25, 0.3) is 16.6 Å². The minimum Gasteiger partial charge on any atom is -0.463 e. The molecule has 1 aromatic carbocycles. The number of amides is 1. The van der Waals surface area contributed by atoms with E-state index in [1.807, 2.05) is 57.2 Å². The molecule has 6 nitrogen and oxygen atoms in total. The molecule has 0 N–H and O–H groups in total. The summed E-state index contributed by atoms with van der Waals surface area (Å²) in [5, 5.41) is 9.48. The van der Waals surface area contributed by atoms with Crippen LogP contribution < -0.4 is 4.90 Å². The number of aryl methyl sites for hydroxylation is 2. The molecular formula is C21H22N4O2S. The lowest BCUT2D eigenvalue weighted by molar-refractivity contribution is -0.116. The van der Waals surface area contributed by atoms with Crippen LogP contribution in [0.4, 0.5) is 5.69 Å². The topological polar surface area (TPSA) is 63.6 Å². The van der Waals surface area contributed by atoms with E-state index in [1.54, 1.807) is 11.2 Å². The summed E-state index contributed by atoms with van der Waals surface area (Å²) < 4.78 is 7.61. The predicted octanol–water partition coefficient (Wildman–Crippen LogP) is 4.49. The molecule has 0 unspecified atom stereocenters. The number of fused-ring (bicyclic) bond motifs is 3. The van der Waals surface area contributed by atoms with Crippen LogP contribution in [0.2, 0.25) is 0 Å². The van der Waals surface area contributed by atoms with Crippen molar-refractivity contribution < 1.29 is 9.21 Å². The van der Waals surface area contributed by atoms with Gasteiger partial charge in [0, 0.05) is 30.8 Å². The van der Waals surface area contributed by atoms with Crippen molar-refractivity contribution in [3.8, 4) is 0 Å². The number of nitrogens with zero attached hydrogens (tertiary/aromatic N) is 4. The maximum absolute atomic E-state index is 12.9. The summed E-state index contributed by atoms with van der Waals surface area (Å²) in [5.74, 6) is 1.22. The van der Waals surface area contributed by atoms with Gasteiger partial charge in [-0.3, -0.25) is 9.20 Å². The van der Waals surface area contributed by atoms with Gasteiger partial charge in [0.25, 0.3) is 0 Å². The van der Waals surface area contributed by atoms with Crippen LogP contribution >= 0.6 is 11.8 Å². The molecule has 0 aliphatic heterocycles. The maximum Gasteiger partial charge on any atom is 0.237 e. The number of furan rings is 1. The summed E-state index contributed by atoms with van der Waals surface area (Å²) in [5.41, 5.74) is 4.76. The van der Waals surface area contributed by atoms with Gasteiger partial charge in [0.2, 0.25) is 5.91 Å². The second-order valence-electron chi connectivity index (χ2n) is 6.58. The first-order valence-corrected chi connectivity index (χ1v) is 10.3. The standard InChI is InChI=1S/C21H22N4O2S/c1-4-19-22-23-21(17-12-18-16(25(17)19)9-10-27-18)28-13-20(26)24(5-2)15-8-6-7-14(3)11-15/h6-12H,4-5,13H2,1-3H3. The third kappa shape index (κ3) is 3.26. The van der Waals surface area contributed by atoms with Gasteiger partial charge in [-0.1, -0.05) is 30.8 Å². The minimum absolute atomic E-state index is 0.0489. The molecule has 28 heavy (non-hydrogen) atoms. The molecule has 4 aromatic rings. The Hall–Kier alpha value is -2.80. The molecule has 0 aliphatic carbocycles. The Morgan fingerprint density at radius 2 is 2.04 bits per heavy atom. The molecule has 3 aromatic heterocycles. The van der Waals surface area contributed by atoms with E-state index in [9.17, 15) is 4.79 Å². The minimum atomic E-state index is 0.0489. The van der Waals surface area contributed by atoms with Gasteiger partial charge < -0.3 is 9.32 Å². The van der Waals surface area contributed by atoms with Crippen molar-refractivity contribution in [2.75, 3.05) is 17.2 Å². The van der Waals surface area contributed by atoms with Gasteiger partial charge >= 0.3 is 0 Å². The highest BCUT2D eigenvalue weighted by molar-refractivity contribution is 8.00. The molecule has 0 saturated carbocycles. The van der Waals surface area contributed by atoms with E-state index in [2.05, 4.69) is 14.6 Å². The Kier molecular flexibility index (Phi) is 5.09. The number of rotatable bonds is 6. The first kappa shape index (κ1) is 18.6. The molecular weight excluding hydrogens is 372 g/mol. The van der Waals surface area contributed by atoms with Crippen molar-refractivity contribution in [2.24, 2.45) is 0 Å². The SMILES string of the molecule is CCc1nnc(SCC(=O)N(CC)c2cccc(C)c2)c2cc3occc3n12. The molecule has 144 valence electrons. The summed E-state index contributed by atoms with van der Waals surface area (Å²) in [6.45, 7) is 6.68. The van der Waals surface area contributed by atoms with Crippen molar-refractivity contribution in [1.29, 1.82) is 0 Å². The first-order chi connectivity index (χ1) is 13.6. The summed E-state index contributed by atoms with van der Waals surface area (Å²) in [6.07, 6.45) is 2.44. The Morgan fingerprint density at radius 3 is 2.79 bits per heavy atom. The van der Waals surface area contributed by atoms with E-state index < -0.39 is 0 Å². The summed E-state index contributed by atoms with van der Waals surface area (Å²) in [7, 11) is 0. The number of benzene rings is 1. The molecule has 0 radical (unpaired) electrons. The highest BCUT2D eigenvalue weighted by Crippen LogP contribution is 2.29. The number of hydrogen-bond donors (Lipinski definition) is 0. The van der Waals surface area contributed by atoms with Crippen LogP contribution in [0.5, 0.6) is 0 Å². The number of aromatic nitrogens is 3. The molecule has 0 spiro atoms. The second kappa shape index (κ2) is 7.67. The van der Waals surface area contributed by atoms with Gasteiger partial charge in [-0.2, -0.15) is 0 Å². The second-order valence-corrected chi connectivity index (χ2v) is 7.54. The van der Waals surface area contributed by atoms with Crippen LogP contribution in [0.15, 0.2) is 52.1 Å². The Balaban J connectivity index is 1.61. The number of hydrogen-bond acceptors (Lipinski definition) is 5. The van der Waals surface area contributed by atoms with Gasteiger partial charge in [-0.05, 0) is 31.5 Å². The lowest BCUT2D eigenvalue weighted by Gasteiger charge is -2.21. The first-order valence-electron chi connectivity index (χ1n) is 9.36. The van der Waals surface area contributed by atoms with Crippen LogP contribution in [0, 0.1) is 6.92 Å². The fourth-order valence-corrected chi connectivity index (χ4v) is 4.21. The molecule has 0 bridgehead atoms. The van der Waals surface area contributed by atoms with Gasteiger partial charge in [0.05, 0.1) is 23.0 Å². The van der Waals surface area contributed by atoms with Crippen molar-refractivity contribution in [3.63, 3.8) is 0 Å². The number of anilines is 1. The van der Waals surface area contributed by atoms with Gasteiger partial charge in [-0.15, -0.1) is 10.2 Å². The number of carbonyl (C=O) groups excluding carboxylic acids is 1. The molecule has 7 heteroatoms. The normalized spacial score (nSPS) is 11.4. The largest absolute Gasteiger partial charge is 0.463 e. The summed E-state index contributed by atoms with van der Waals surface area (Å²) >= 11 is 1.41. The highest BCUT2D eigenvalue weighted by Gasteiger charge is 2.18. The van der Waals surface area contributed by atoms with E-state index in [0.29, 0.717) is 12.3 Å². The quantitative estimate of drug-likeness (QED) is 0.451. The third-order valence-electron chi connectivity index (χ3n) is 4.74. The smallest absolute Gasteiger partial charge is 0.237 e. The fraction of sp³-hybridized carbons (Fsp3) is 0.286. The van der Waals surface area contributed by atoms with E-state index in [1.165, 1.54) is 11.8 Å². The van der Waals surface area contributed by atoms with E-state index in [4.69, 9.17) is 4.42 Å². The maximum atomic E-state index is 12.9. The van der Waals surface area contributed by atoms with Gasteiger partial charge in [0.15, 0.2) is 5.58 Å². The molecule has 4 rings (SSSR count). The van der Waals surface area contributed by atoms with Crippen LogP contribution in [0.3, 0.4) is 0 Å². The van der Waals surface area contributed by atoms with Crippen LogP contribution in [-0.4, -0.2) is 32.8 Å². The third-order valence-corrected chi connectivity index (χ3v) is 5.69. The zero-order valence-corrected chi connectivity index (χ0v) is 17.0. The number of thioether (sulfide) groups is 1. The van der Waals surface area contributed by atoms with E-state index in [0.717, 1.165) is 45.1 Å². The van der Waals surface area contributed by atoms with Crippen LogP contribution in [-0.2, 0) is 11.2 Å². The molecule has 3 heterocycles. The Labute approximate surface area is 167 Å². The number of carbonyl (C=O) groups is 1. The Bertz CT molecular complexity index is 1150. The van der Waals surface area contributed by atoms with Crippen molar-refractivity contribution >= 4 is 40.0 Å². The van der Waals surface area contributed by atoms with Crippen LogP contribution in [0.1, 0.15) is 25.2 Å². The zero-order valence-electron chi connectivity index (χ0n) is 16.2. The van der Waals surface area contributed by atoms with Crippen molar-refractivity contribution in [3.05, 3.63) is 54.0 Å². The molecule has 0 atom stereocenters. The van der Waals surface area contributed by atoms with Crippen molar-refractivity contribution in [1.82, 2.24) is 14.6 Å². The molecule has 0 saturated heterocycles. The highest BCUT2D eigenvalue weighted by atomic mass is 32.2. The summed E-state index contributed by atoms with van der Waals surface area (Å²) in [4.78, 5) is 14.7. The van der Waals surface area contributed by atoms with Gasteiger partial charge in [0.1, 0.15) is 10.9 Å². The molecule has 0 fully saturated rings. The summed E-state index contributed by atoms with van der Waals surface area (Å²) in [6, 6.07) is 11.9. The average Bonchev–Trinajstić information content (AvgIpc) is 3.28. The van der Waals surface area contributed by atoms with E-state index >= 15 is 0 Å². The van der Waals surface area contributed by atoms with E-state index in [-0.39, 0.29) is 5.91 Å². The predicted molar refractivity (Wildman–Crippen MR) is 112 cm³/mol. The lowest BCUT2D eigenvalue weighted by Crippen LogP contribution is -2.32.